The third-order valence-electron chi connectivity index (χ3n) is 2.33. The molecule has 0 saturated heterocycles. The van der Waals surface area contributed by atoms with Crippen molar-refractivity contribution < 1.29 is 4.39 Å². The van der Waals surface area contributed by atoms with Crippen molar-refractivity contribution >= 4 is 11.5 Å². The minimum absolute atomic E-state index is 0.284. The fourth-order valence-electron chi connectivity index (χ4n) is 1.59. The largest absolute Gasteiger partial charge is 0.382 e. The fraction of sp³-hybridized carbons (Fsp3) is 0.182. The SMILES string of the molecule is CN(C)c1ccc(F)cc1-c1cc(N)n[nH]1. The van der Waals surface area contributed by atoms with Crippen molar-refractivity contribution in [1.29, 1.82) is 0 Å². The van der Waals surface area contributed by atoms with Gasteiger partial charge in [-0.3, -0.25) is 5.10 Å². The Balaban J connectivity index is 2.57. The molecule has 0 aliphatic heterocycles. The van der Waals surface area contributed by atoms with Crippen molar-refractivity contribution in [3.8, 4) is 11.3 Å². The third kappa shape index (κ3) is 1.84. The standard InChI is InChI=1S/C11H13FN4/c1-16(2)10-4-3-7(12)5-8(10)9-6-11(13)15-14-9/h3-6H,1-2H3,(H3,13,14,15). The summed E-state index contributed by atoms with van der Waals surface area (Å²) in [5.41, 5.74) is 7.89. The summed E-state index contributed by atoms with van der Waals surface area (Å²) < 4.78 is 13.2. The number of nitrogens with zero attached hydrogens (tertiary/aromatic N) is 2. The minimum atomic E-state index is -0.284. The summed E-state index contributed by atoms with van der Waals surface area (Å²) in [5.74, 6) is 0.109. The van der Waals surface area contributed by atoms with E-state index in [0.717, 1.165) is 11.3 Å². The summed E-state index contributed by atoms with van der Waals surface area (Å²) in [5, 5.41) is 6.61. The number of nitrogens with two attached hydrogens (primary N) is 1. The number of hydrogen-bond acceptors (Lipinski definition) is 3. The molecule has 0 aliphatic carbocycles. The highest BCUT2D eigenvalue weighted by molar-refractivity contribution is 5.77. The Labute approximate surface area is 92.9 Å². The number of nitrogen functional groups attached to an aromatic ring is 1. The van der Waals surface area contributed by atoms with Gasteiger partial charge >= 0.3 is 0 Å². The Bertz CT molecular complexity index is 504. The van der Waals surface area contributed by atoms with E-state index < -0.39 is 0 Å². The first kappa shape index (κ1) is 10.5. The number of aromatic amines is 1. The van der Waals surface area contributed by atoms with Crippen LogP contribution in [-0.2, 0) is 0 Å². The Morgan fingerprint density at radius 2 is 2.06 bits per heavy atom. The maximum atomic E-state index is 13.2. The molecule has 4 nitrogen and oxygen atoms in total. The smallest absolute Gasteiger partial charge is 0.145 e. The molecule has 0 unspecified atom stereocenters. The van der Waals surface area contributed by atoms with E-state index in [1.165, 1.54) is 12.1 Å². The molecule has 0 atom stereocenters. The molecule has 0 bridgehead atoms. The first-order valence-electron chi connectivity index (χ1n) is 4.86. The fourth-order valence-corrected chi connectivity index (χ4v) is 1.59. The van der Waals surface area contributed by atoms with Crippen LogP contribution in [0.4, 0.5) is 15.9 Å². The summed E-state index contributed by atoms with van der Waals surface area (Å²) in [6.07, 6.45) is 0. The van der Waals surface area contributed by atoms with E-state index in [-0.39, 0.29) is 5.82 Å². The second kappa shape index (κ2) is 3.84. The summed E-state index contributed by atoms with van der Waals surface area (Å²) in [4.78, 5) is 1.91. The highest BCUT2D eigenvalue weighted by Gasteiger charge is 2.10. The van der Waals surface area contributed by atoms with E-state index in [0.29, 0.717) is 11.5 Å². The quantitative estimate of drug-likeness (QED) is 0.812. The lowest BCUT2D eigenvalue weighted by molar-refractivity contribution is 0.628. The highest BCUT2D eigenvalue weighted by atomic mass is 19.1. The van der Waals surface area contributed by atoms with Gasteiger partial charge in [-0.05, 0) is 18.2 Å². The Kier molecular flexibility index (Phi) is 2.52. The van der Waals surface area contributed by atoms with E-state index in [4.69, 9.17) is 5.73 Å². The zero-order chi connectivity index (χ0) is 11.7. The number of rotatable bonds is 2. The van der Waals surface area contributed by atoms with Gasteiger partial charge in [0.1, 0.15) is 11.6 Å². The molecule has 16 heavy (non-hydrogen) atoms. The van der Waals surface area contributed by atoms with Gasteiger partial charge in [-0.1, -0.05) is 0 Å². The van der Waals surface area contributed by atoms with E-state index in [1.807, 2.05) is 19.0 Å². The zero-order valence-corrected chi connectivity index (χ0v) is 9.16. The van der Waals surface area contributed by atoms with Gasteiger partial charge in [-0.2, -0.15) is 5.10 Å². The van der Waals surface area contributed by atoms with Gasteiger partial charge in [0.2, 0.25) is 0 Å². The lowest BCUT2D eigenvalue weighted by Gasteiger charge is -2.16. The van der Waals surface area contributed by atoms with Gasteiger partial charge in [0.25, 0.3) is 0 Å². The topological polar surface area (TPSA) is 57.9 Å². The van der Waals surface area contributed by atoms with E-state index in [1.54, 1.807) is 12.1 Å². The molecule has 0 aliphatic rings. The number of H-pyrrole nitrogens is 1. The van der Waals surface area contributed by atoms with Crippen LogP contribution in [0.25, 0.3) is 11.3 Å². The molecule has 0 amide bonds. The summed E-state index contributed by atoms with van der Waals surface area (Å²) in [6, 6.07) is 6.30. The maximum absolute atomic E-state index is 13.2. The molecule has 1 aromatic carbocycles. The predicted octanol–water partition coefficient (Wildman–Crippen LogP) is 1.86. The Morgan fingerprint density at radius 1 is 1.31 bits per heavy atom. The summed E-state index contributed by atoms with van der Waals surface area (Å²) in [6.45, 7) is 0. The van der Waals surface area contributed by atoms with Gasteiger partial charge in [-0.25, -0.2) is 4.39 Å². The van der Waals surface area contributed by atoms with Gasteiger partial charge in [-0.15, -0.1) is 0 Å². The molecule has 84 valence electrons. The summed E-state index contributed by atoms with van der Waals surface area (Å²) >= 11 is 0. The third-order valence-corrected chi connectivity index (χ3v) is 2.33. The van der Waals surface area contributed by atoms with E-state index >= 15 is 0 Å². The van der Waals surface area contributed by atoms with Crippen molar-refractivity contribution in [2.75, 3.05) is 24.7 Å². The first-order chi connectivity index (χ1) is 7.58. The Morgan fingerprint density at radius 3 is 2.62 bits per heavy atom. The maximum Gasteiger partial charge on any atom is 0.145 e. The molecule has 0 spiro atoms. The number of anilines is 2. The zero-order valence-electron chi connectivity index (χ0n) is 9.16. The second-order valence-corrected chi connectivity index (χ2v) is 3.76. The molecular formula is C11H13FN4. The minimum Gasteiger partial charge on any atom is -0.382 e. The van der Waals surface area contributed by atoms with Crippen molar-refractivity contribution in [3.63, 3.8) is 0 Å². The van der Waals surface area contributed by atoms with Crippen LogP contribution in [0.15, 0.2) is 24.3 Å². The van der Waals surface area contributed by atoms with E-state index in [9.17, 15) is 4.39 Å². The van der Waals surface area contributed by atoms with Crippen LogP contribution in [0.3, 0.4) is 0 Å². The molecule has 0 saturated carbocycles. The number of hydrogen-bond donors (Lipinski definition) is 2. The highest BCUT2D eigenvalue weighted by Crippen LogP contribution is 2.29. The van der Waals surface area contributed by atoms with Crippen LogP contribution < -0.4 is 10.6 Å². The molecular weight excluding hydrogens is 207 g/mol. The number of nitrogens with one attached hydrogen (secondary N) is 1. The number of halogens is 1. The van der Waals surface area contributed by atoms with Crippen LogP contribution in [0.5, 0.6) is 0 Å². The van der Waals surface area contributed by atoms with Gasteiger partial charge in [0.05, 0.1) is 5.69 Å². The molecule has 2 aromatic rings. The molecule has 2 rings (SSSR count). The Hall–Kier alpha value is -2.04. The van der Waals surface area contributed by atoms with Crippen molar-refractivity contribution in [3.05, 3.63) is 30.1 Å². The van der Waals surface area contributed by atoms with Gasteiger partial charge in [0, 0.05) is 31.4 Å². The average molecular weight is 220 g/mol. The normalized spacial score (nSPS) is 10.4. The molecule has 1 heterocycles. The molecule has 0 radical (unpaired) electrons. The molecule has 3 N–H and O–H groups in total. The van der Waals surface area contributed by atoms with Crippen molar-refractivity contribution in [2.45, 2.75) is 0 Å². The van der Waals surface area contributed by atoms with Gasteiger partial charge < -0.3 is 10.6 Å². The lowest BCUT2D eigenvalue weighted by Crippen LogP contribution is -2.10. The van der Waals surface area contributed by atoms with Crippen LogP contribution in [-0.4, -0.2) is 24.3 Å². The lowest BCUT2D eigenvalue weighted by atomic mass is 10.1. The monoisotopic (exact) mass is 220 g/mol. The number of aromatic nitrogens is 2. The first-order valence-corrected chi connectivity index (χ1v) is 4.86. The van der Waals surface area contributed by atoms with Crippen molar-refractivity contribution in [2.24, 2.45) is 0 Å². The van der Waals surface area contributed by atoms with Crippen molar-refractivity contribution in [1.82, 2.24) is 10.2 Å². The van der Waals surface area contributed by atoms with Crippen LogP contribution >= 0.6 is 0 Å². The summed E-state index contributed by atoms with van der Waals surface area (Å²) in [7, 11) is 3.80. The second-order valence-electron chi connectivity index (χ2n) is 3.76. The van der Waals surface area contributed by atoms with Crippen LogP contribution in [0, 0.1) is 5.82 Å². The van der Waals surface area contributed by atoms with Crippen LogP contribution in [0.1, 0.15) is 0 Å². The molecule has 0 fully saturated rings. The van der Waals surface area contributed by atoms with Gasteiger partial charge in [0.15, 0.2) is 0 Å². The molecule has 1 aromatic heterocycles. The van der Waals surface area contributed by atoms with E-state index in [2.05, 4.69) is 10.2 Å². The predicted molar refractivity (Wildman–Crippen MR) is 62.7 cm³/mol. The average Bonchev–Trinajstić information content (AvgIpc) is 2.64. The molecule has 5 heteroatoms. The van der Waals surface area contributed by atoms with Crippen LogP contribution in [0.2, 0.25) is 0 Å². The number of benzene rings is 1.